The summed E-state index contributed by atoms with van der Waals surface area (Å²) in [5, 5.41) is -0.00231. The van der Waals surface area contributed by atoms with Gasteiger partial charge in [-0.2, -0.15) is 0 Å². The molecule has 0 fully saturated rings. The van der Waals surface area contributed by atoms with Crippen molar-refractivity contribution in [3.63, 3.8) is 0 Å². The van der Waals surface area contributed by atoms with Crippen molar-refractivity contribution in [3.05, 3.63) is 18.2 Å². The van der Waals surface area contributed by atoms with E-state index < -0.39 is 9.84 Å². The van der Waals surface area contributed by atoms with Crippen molar-refractivity contribution in [1.82, 2.24) is 4.98 Å². The second-order valence-corrected chi connectivity index (χ2v) is 4.96. The lowest BCUT2D eigenvalue weighted by molar-refractivity contribution is 0.393. The predicted octanol–water partition coefficient (Wildman–Crippen LogP) is 1.10. The van der Waals surface area contributed by atoms with Crippen LogP contribution in [0, 0.1) is 0 Å². The summed E-state index contributed by atoms with van der Waals surface area (Å²) in [5.74, 6) is 0.219. The number of rotatable bonds is 4. The van der Waals surface area contributed by atoms with Gasteiger partial charge in [-0.3, -0.25) is 0 Å². The molecule has 0 radical (unpaired) electrons. The number of nitrogens with zero attached hydrogens (tertiary/aromatic N) is 1. The van der Waals surface area contributed by atoms with E-state index in [-0.39, 0.29) is 22.5 Å². The molecule has 1 heterocycles. The summed E-state index contributed by atoms with van der Waals surface area (Å²) in [6.45, 7) is 0. The zero-order valence-corrected chi connectivity index (χ0v) is 9.18. The maximum atomic E-state index is 11.5. The Morgan fingerprint density at radius 1 is 1.50 bits per heavy atom. The van der Waals surface area contributed by atoms with Gasteiger partial charge < -0.3 is 4.74 Å². The minimum Gasteiger partial charge on any atom is -0.481 e. The average Bonchev–Trinajstić information content (AvgIpc) is 2.18. The standard InChI is InChI=1S/C8H10ClNO3S/c1-13-7-3-2-4-8(10-7)14(11,12)6-5-9/h2-4H,5-6H2,1H3. The molecule has 0 saturated heterocycles. The first-order valence-electron chi connectivity index (χ1n) is 3.90. The Balaban J connectivity index is 3.07. The van der Waals surface area contributed by atoms with E-state index in [1.807, 2.05) is 0 Å². The van der Waals surface area contributed by atoms with Gasteiger partial charge in [-0.1, -0.05) is 6.07 Å². The van der Waals surface area contributed by atoms with Crippen LogP contribution in [-0.4, -0.2) is 32.1 Å². The van der Waals surface area contributed by atoms with E-state index in [2.05, 4.69) is 4.98 Å². The Kier molecular flexibility index (Phi) is 3.71. The topological polar surface area (TPSA) is 56.3 Å². The molecule has 0 amide bonds. The minimum atomic E-state index is -3.37. The van der Waals surface area contributed by atoms with Gasteiger partial charge in [0.25, 0.3) is 0 Å². The molecule has 0 saturated carbocycles. The van der Waals surface area contributed by atoms with Crippen LogP contribution < -0.4 is 4.74 Å². The third kappa shape index (κ3) is 2.59. The molecule has 0 unspecified atom stereocenters. The Morgan fingerprint density at radius 2 is 2.21 bits per heavy atom. The van der Waals surface area contributed by atoms with Gasteiger partial charge in [0, 0.05) is 11.9 Å². The van der Waals surface area contributed by atoms with E-state index in [0.29, 0.717) is 0 Å². The first kappa shape index (κ1) is 11.3. The Morgan fingerprint density at radius 3 is 2.79 bits per heavy atom. The lowest BCUT2D eigenvalue weighted by atomic mass is 10.5. The average molecular weight is 236 g/mol. The number of alkyl halides is 1. The van der Waals surface area contributed by atoms with E-state index in [1.54, 1.807) is 12.1 Å². The molecule has 1 aromatic heterocycles. The summed E-state index contributed by atoms with van der Waals surface area (Å²) < 4.78 is 27.8. The zero-order valence-electron chi connectivity index (χ0n) is 7.60. The number of pyridine rings is 1. The number of methoxy groups -OCH3 is 1. The molecule has 6 heteroatoms. The molecule has 1 rings (SSSR count). The van der Waals surface area contributed by atoms with Crippen LogP contribution in [0.3, 0.4) is 0 Å². The molecule has 1 aromatic rings. The molecule has 0 atom stereocenters. The molecule has 0 bridgehead atoms. The minimum absolute atomic E-state index is 0.00231. The van der Waals surface area contributed by atoms with Crippen molar-refractivity contribution in [2.75, 3.05) is 18.7 Å². The molecule has 78 valence electrons. The molecule has 14 heavy (non-hydrogen) atoms. The smallest absolute Gasteiger partial charge is 0.214 e. The second kappa shape index (κ2) is 4.61. The van der Waals surface area contributed by atoms with E-state index in [4.69, 9.17) is 16.3 Å². The highest BCUT2D eigenvalue weighted by molar-refractivity contribution is 7.91. The fourth-order valence-electron chi connectivity index (χ4n) is 0.889. The first-order chi connectivity index (χ1) is 6.60. The van der Waals surface area contributed by atoms with Crippen LogP contribution >= 0.6 is 11.6 Å². The Bertz CT molecular complexity index is 405. The van der Waals surface area contributed by atoms with E-state index in [0.717, 1.165) is 0 Å². The van der Waals surface area contributed by atoms with Gasteiger partial charge in [0.1, 0.15) is 0 Å². The van der Waals surface area contributed by atoms with Gasteiger partial charge in [-0.15, -0.1) is 11.6 Å². The van der Waals surface area contributed by atoms with Crippen LogP contribution in [0.1, 0.15) is 0 Å². The first-order valence-corrected chi connectivity index (χ1v) is 6.08. The molecular weight excluding hydrogens is 226 g/mol. The molecule has 0 aliphatic rings. The second-order valence-electron chi connectivity index (χ2n) is 2.53. The largest absolute Gasteiger partial charge is 0.481 e. The highest BCUT2D eigenvalue weighted by Crippen LogP contribution is 2.13. The number of sulfone groups is 1. The molecule has 0 N–H and O–H groups in total. The molecule has 0 aliphatic carbocycles. The summed E-state index contributed by atoms with van der Waals surface area (Å²) >= 11 is 5.37. The molecule has 0 aliphatic heterocycles. The highest BCUT2D eigenvalue weighted by Gasteiger charge is 2.15. The number of hydrogen-bond donors (Lipinski definition) is 0. The maximum absolute atomic E-state index is 11.5. The number of halogens is 1. The van der Waals surface area contributed by atoms with E-state index in [1.165, 1.54) is 13.2 Å². The van der Waals surface area contributed by atoms with Crippen molar-refractivity contribution in [2.24, 2.45) is 0 Å². The summed E-state index contributed by atoms with van der Waals surface area (Å²) in [6.07, 6.45) is 0. The van der Waals surface area contributed by atoms with Crippen LogP contribution in [0.15, 0.2) is 23.2 Å². The Hall–Kier alpha value is -0.810. The van der Waals surface area contributed by atoms with Crippen molar-refractivity contribution in [1.29, 1.82) is 0 Å². The summed E-state index contributed by atoms with van der Waals surface area (Å²) in [6, 6.07) is 4.58. The lowest BCUT2D eigenvalue weighted by Crippen LogP contribution is -2.10. The molecular formula is C8H10ClNO3S. The van der Waals surface area contributed by atoms with Gasteiger partial charge in [-0.25, -0.2) is 13.4 Å². The van der Waals surface area contributed by atoms with Gasteiger partial charge in [-0.05, 0) is 6.07 Å². The van der Waals surface area contributed by atoms with Gasteiger partial charge in [0.2, 0.25) is 5.88 Å². The van der Waals surface area contributed by atoms with Crippen molar-refractivity contribution in [2.45, 2.75) is 5.03 Å². The normalized spacial score (nSPS) is 11.3. The van der Waals surface area contributed by atoms with Crippen molar-refractivity contribution >= 4 is 21.4 Å². The molecule has 0 spiro atoms. The number of hydrogen-bond acceptors (Lipinski definition) is 4. The van der Waals surface area contributed by atoms with E-state index in [9.17, 15) is 8.42 Å². The quantitative estimate of drug-likeness (QED) is 0.734. The van der Waals surface area contributed by atoms with Crippen LogP contribution in [0.4, 0.5) is 0 Å². The van der Waals surface area contributed by atoms with Gasteiger partial charge in [0.15, 0.2) is 14.9 Å². The lowest BCUT2D eigenvalue weighted by Gasteiger charge is -2.03. The molecule has 4 nitrogen and oxygen atoms in total. The molecule has 0 aromatic carbocycles. The van der Waals surface area contributed by atoms with Crippen LogP contribution in [0.2, 0.25) is 0 Å². The van der Waals surface area contributed by atoms with Crippen LogP contribution in [0.5, 0.6) is 5.88 Å². The Labute approximate surface area is 87.8 Å². The highest BCUT2D eigenvalue weighted by atomic mass is 35.5. The van der Waals surface area contributed by atoms with Crippen molar-refractivity contribution in [3.8, 4) is 5.88 Å². The maximum Gasteiger partial charge on any atom is 0.214 e. The summed E-state index contributed by atoms with van der Waals surface area (Å²) in [5.41, 5.74) is 0. The zero-order chi connectivity index (χ0) is 10.6. The summed E-state index contributed by atoms with van der Waals surface area (Å²) in [7, 11) is -1.94. The number of aromatic nitrogens is 1. The number of ether oxygens (including phenoxy) is 1. The summed E-state index contributed by atoms with van der Waals surface area (Å²) in [4.78, 5) is 3.81. The fraction of sp³-hybridized carbons (Fsp3) is 0.375. The third-order valence-corrected chi connectivity index (χ3v) is 3.59. The van der Waals surface area contributed by atoms with Gasteiger partial charge in [0.05, 0.1) is 12.9 Å². The van der Waals surface area contributed by atoms with Gasteiger partial charge >= 0.3 is 0 Å². The predicted molar refractivity (Wildman–Crippen MR) is 53.6 cm³/mol. The van der Waals surface area contributed by atoms with Crippen LogP contribution in [-0.2, 0) is 9.84 Å². The SMILES string of the molecule is COc1cccc(S(=O)(=O)CCCl)n1. The van der Waals surface area contributed by atoms with E-state index >= 15 is 0 Å². The van der Waals surface area contributed by atoms with Crippen LogP contribution in [0.25, 0.3) is 0 Å². The van der Waals surface area contributed by atoms with Crippen molar-refractivity contribution < 1.29 is 13.2 Å². The fourth-order valence-corrected chi connectivity index (χ4v) is 2.43. The third-order valence-electron chi connectivity index (χ3n) is 1.57. The monoisotopic (exact) mass is 235 g/mol.